The Morgan fingerprint density at radius 1 is 1.14 bits per heavy atom. The van der Waals surface area contributed by atoms with Gasteiger partial charge in [-0.15, -0.1) is 0 Å². The Morgan fingerprint density at radius 3 is 2.07 bits per heavy atom. The van der Waals surface area contributed by atoms with E-state index in [1.54, 1.807) is 0 Å². The minimum Gasteiger partial charge on any atom is -0.386 e. The molecule has 0 aromatic carbocycles. The van der Waals surface area contributed by atoms with E-state index < -0.39 is 30.3 Å². The number of rotatable bonds is 1. The molecule has 0 aliphatic carbocycles. The third-order valence-electron chi connectivity index (χ3n) is 2.66. The summed E-state index contributed by atoms with van der Waals surface area (Å²) in [5.74, 6) is 0. The number of ether oxygens (including phenoxy) is 1. The number of likely N-dealkylation sites (N-methyl/N-ethyl adjacent to an activating group) is 1. The lowest BCUT2D eigenvalue weighted by molar-refractivity contribution is -0.346. The molecule has 84 valence electrons. The summed E-state index contributed by atoms with van der Waals surface area (Å²) in [5, 5.41) is 38.5. The zero-order valence-electron chi connectivity index (χ0n) is 8.45. The van der Waals surface area contributed by atoms with Crippen LogP contribution >= 0.6 is 0 Å². The Bertz CT molecular complexity index is 196. The van der Waals surface area contributed by atoms with Crippen molar-refractivity contribution in [2.75, 3.05) is 14.1 Å². The lowest BCUT2D eigenvalue weighted by Crippen LogP contribution is -2.71. The highest BCUT2D eigenvalue weighted by molar-refractivity contribution is 4.98. The summed E-state index contributed by atoms with van der Waals surface area (Å²) in [5.41, 5.74) is -1.89. The standard InChI is InChI=1S/C8H17NO5/c1-4-5(10)8(13,9(2)3)6(11)7(12)14-4/h4-7,10-13H,1-3H3/t4-,5-,6+,7+,8+/m0/s1. The molecule has 14 heavy (non-hydrogen) atoms. The van der Waals surface area contributed by atoms with E-state index in [0.29, 0.717) is 0 Å². The molecule has 6 nitrogen and oxygen atoms in total. The van der Waals surface area contributed by atoms with Gasteiger partial charge in [0.25, 0.3) is 0 Å². The highest BCUT2D eigenvalue weighted by Crippen LogP contribution is 2.30. The maximum absolute atomic E-state index is 10.0. The Labute approximate surface area is 82.3 Å². The molecule has 0 saturated carbocycles. The van der Waals surface area contributed by atoms with E-state index in [9.17, 15) is 20.4 Å². The Hall–Kier alpha value is -0.240. The molecule has 1 heterocycles. The van der Waals surface area contributed by atoms with Gasteiger partial charge in [0.2, 0.25) is 0 Å². The zero-order chi connectivity index (χ0) is 11.1. The molecular weight excluding hydrogens is 190 g/mol. The van der Waals surface area contributed by atoms with Crippen molar-refractivity contribution in [3.63, 3.8) is 0 Å². The molecule has 4 N–H and O–H groups in total. The van der Waals surface area contributed by atoms with Gasteiger partial charge in [-0.25, -0.2) is 0 Å². The monoisotopic (exact) mass is 207 g/mol. The van der Waals surface area contributed by atoms with E-state index in [0.717, 1.165) is 0 Å². The van der Waals surface area contributed by atoms with Gasteiger partial charge in [-0.3, -0.25) is 4.90 Å². The highest BCUT2D eigenvalue weighted by atomic mass is 16.6. The predicted molar refractivity (Wildman–Crippen MR) is 47.2 cm³/mol. The van der Waals surface area contributed by atoms with Crippen LogP contribution in [0.1, 0.15) is 6.92 Å². The number of hydrogen-bond donors (Lipinski definition) is 4. The fourth-order valence-electron chi connectivity index (χ4n) is 1.63. The van der Waals surface area contributed by atoms with E-state index in [4.69, 9.17) is 4.74 Å². The van der Waals surface area contributed by atoms with Crippen LogP contribution in [-0.4, -0.2) is 69.7 Å². The first-order chi connectivity index (χ1) is 6.31. The predicted octanol–water partition coefficient (Wildman–Crippen LogP) is -2.30. The molecule has 1 aliphatic rings. The summed E-state index contributed by atoms with van der Waals surface area (Å²) in [6, 6.07) is 0. The van der Waals surface area contributed by atoms with Crippen LogP contribution in [0.3, 0.4) is 0 Å². The Kier molecular flexibility index (Phi) is 3.15. The molecule has 0 aromatic heterocycles. The Balaban J connectivity index is 2.98. The van der Waals surface area contributed by atoms with Gasteiger partial charge in [0.05, 0.1) is 6.10 Å². The number of aliphatic hydroxyl groups is 4. The van der Waals surface area contributed by atoms with Gasteiger partial charge in [0.1, 0.15) is 12.2 Å². The maximum atomic E-state index is 10.0. The van der Waals surface area contributed by atoms with E-state index in [1.165, 1.54) is 25.9 Å². The van der Waals surface area contributed by atoms with Gasteiger partial charge in [-0.2, -0.15) is 0 Å². The van der Waals surface area contributed by atoms with Gasteiger partial charge in [-0.05, 0) is 21.0 Å². The molecule has 1 aliphatic heterocycles. The van der Waals surface area contributed by atoms with Crippen LogP contribution in [0.5, 0.6) is 0 Å². The van der Waals surface area contributed by atoms with Crippen LogP contribution in [0, 0.1) is 0 Å². The molecule has 6 heteroatoms. The van der Waals surface area contributed by atoms with Gasteiger partial charge in [0, 0.05) is 0 Å². The normalized spacial score (nSPS) is 49.7. The minimum absolute atomic E-state index is 0.749. The lowest BCUT2D eigenvalue weighted by atomic mass is 9.91. The molecule has 0 spiro atoms. The SMILES string of the molecule is C[C@@H]1O[C@@H](O)[C@@H](O)[C@@](O)(N(C)C)[C@H]1O. The number of aliphatic hydroxyl groups excluding tert-OH is 3. The lowest BCUT2D eigenvalue weighted by Gasteiger charge is -2.49. The molecule has 0 aromatic rings. The second-order valence-electron chi connectivity index (χ2n) is 3.80. The molecule has 0 unspecified atom stereocenters. The summed E-state index contributed by atoms with van der Waals surface area (Å²) in [7, 11) is 2.99. The van der Waals surface area contributed by atoms with Crippen molar-refractivity contribution < 1.29 is 25.2 Å². The van der Waals surface area contributed by atoms with Crippen LogP contribution < -0.4 is 0 Å². The zero-order valence-corrected chi connectivity index (χ0v) is 8.45. The van der Waals surface area contributed by atoms with Crippen molar-refractivity contribution in [1.82, 2.24) is 4.90 Å². The van der Waals surface area contributed by atoms with Crippen molar-refractivity contribution in [1.29, 1.82) is 0 Å². The van der Waals surface area contributed by atoms with Crippen molar-refractivity contribution in [2.24, 2.45) is 0 Å². The molecule has 0 bridgehead atoms. The number of nitrogens with zero attached hydrogens (tertiary/aromatic N) is 1. The van der Waals surface area contributed by atoms with Crippen LogP contribution in [0.25, 0.3) is 0 Å². The molecule has 5 atom stereocenters. The van der Waals surface area contributed by atoms with Gasteiger partial charge < -0.3 is 25.2 Å². The fraction of sp³-hybridized carbons (Fsp3) is 1.00. The van der Waals surface area contributed by atoms with E-state index in [2.05, 4.69) is 0 Å². The van der Waals surface area contributed by atoms with Crippen molar-refractivity contribution in [3.05, 3.63) is 0 Å². The maximum Gasteiger partial charge on any atom is 0.185 e. The first kappa shape index (κ1) is 11.8. The molecule has 1 rings (SSSR count). The summed E-state index contributed by atoms with van der Waals surface area (Å²) in [6.07, 6.45) is -5.10. The molecule has 0 amide bonds. The summed E-state index contributed by atoms with van der Waals surface area (Å²) >= 11 is 0. The van der Waals surface area contributed by atoms with E-state index in [-0.39, 0.29) is 0 Å². The van der Waals surface area contributed by atoms with Crippen molar-refractivity contribution in [2.45, 2.75) is 37.3 Å². The third kappa shape index (κ3) is 1.54. The minimum atomic E-state index is -1.89. The second kappa shape index (κ2) is 3.73. The van der Waals surface area contributed by atoms with Crippen molar-refractivity contribution in [3.8, 4) is 0 Å². The summed E-state index contributed by atoms with van der Waals surface area (Å²) in [4.78, 5) is 1.25. The van der Waals surface area contributed by atoms with Gasteiger partial charge >= 0.3 is 0 Å². The summed E-state index contributed by atoms with van der Waals surface area (Å²) in [6.45, 7) is 1.51. The second-order valence-corrected chi connectivity index (χ2v) is 3.80. The average Bonchev–Trinajstić information content (AvgIpc) is 2.11. The topological polar surface area (TPSA) is 93.4 Å². The van der Waals surface area contributed by atoms with Gasteiger partial charge in [0.15, 0.2) is 12.0 Å². The van der Waals surface area contributed by atoms with Crippen LogP contribution in [0.15, 0.2) is 0 Å². The highest BCUT2D eigenvalue weighted by Gasteiger charge is 2.55. The molecular formula is C8H17NO5. The van der Waals surface area contributed by atoms with Gasteiger partial charge in [-0.1, -0.05) is 0 Å². The molecule has 1 fully saturated rings. The van der Waals surface area contributed by atoms with Crippen LogP contribution in [0.4, 0.5) is 0 Å². The largest absolute Gasteiger partial charge is 0.386 e. The number of hydrogen-bond acceptors (Lipinski definition) is 6. The van der Waals surface area contributed by atoms with Crippen molar-refractivity contribution >= 4 is 0 Å². The summed E-state index contributed by atoms with van der Waals surface area (Å²) < 4.78 is 4.83. The quantitative estimate of drug-likeness (QED) is 0.361. The smallest absolute Gasteiger partial charge is 0.185 e. The first-order valence-electron chi connectivity index (χ1n) is 4.41. The molecule has 1 saturated heterocycles. The van der Waals surface area contributed by atoms with E-state index in [1.807, 2.05) is 0 Å². The van der Waals surface area contributed by atoms with Crippen LogP contribution in [-0.2, 0) is 4.74 Å². The third-order valence-corrected chi connectivity index (χ3v) is 2.66. The Morgan fingerprint density at radius 2 is 1.64 bits per heavy atom. The van der Waals surface area contributed by atoms with Crippen LogP contribution in [0.2, 0.25) is 0 Å². The average molecular weight is 207 g/mol. The van der Waals surface area contributed by atoms with E-state index >= 15 is 0 Å². The fourth-order valence-corrected chi connectivity index (χ4v) is 1.63. The molecule has 0 radical (unpaired) electrons. The first-order valence-corrected chi connectivity index (χ1v) is 4.41.